The summed E-state index contributed by atoms with van der Waals surface area (Å²) in [6, 6.07) is 14.2. The van der Waals surface area contributed by atoms with E-state index in [4.69, 9.17) is 19.3 Å². The topological polar surface area (TPSA) is 136 Å². The average molecular weight is 634 g/mol. The van der Waals surface area contributed by atoms with Gasteiger partial charge in [-0.05, 0) is 87.6 Å². The van der Waals surface area contributed by atoms with Crippen molar-refractivity contribution < 1.29 is 42.5 Å². The third kappa shape index (κ3) is 7.68. The van der Waals surface area contributed by atoms with Gasteiger partial charge in [0.2, 0.25) is 11.8 Å². The standard InChI is InChI=1S/C34H33F2N3O7/c1-2-44-29-19-24-26(20-30(29)45-17-5-3-4-6-31(40)41)37-16-13-27(24)46-28-12-11-23(18-25(28)36)39-33(43)34(14-15-34)32(42)38-22-9-7-21(35)8-10-22/h7-13,16,18-20H,2-6,14-15,17H2,1H3,(H,38,42)(H,39,43)(H,40,41). The Bertz CT molecular complexity index is 1740. The summed E-state index contributed by atoms with van der Waals surface area (Å²) in [5, 5.41) is 14.6. The number of pyridine rings is 1. The molecule has 5 rings (SSSR count). The zero-order valence-corrected chi connectivity index (χ0v) is 25.1. The summed E-state index contributed by atoms with van der Waals surface area (Å²) in [4.78, 5) is 41.0. The Morgan fingerprint density at radius 1 is 0.826 bits per heavy atom. The highest BCUT2D eigenvalue weighted by atomic mass is 19.1. The SMILES string of the molecule is CCOc1cc2c(Oc3ccc(NC(=O)C4(C(=O)Nc5ccc(F)cc5)CC4)cc3F)ccnc2cc1OCCCCCC(=O)O. The normalized spacial score (nSPS) is 13.1. The van der Waals surface area contributed by atoms with Crippen LogP contribution >= 0.6 is 0 Å². The third-order valence-corrected chi connectivity index (χ3v) is 7.49. The molecule has 240 valence electrons. The van der Waals surface area contributed by atoms with E-state index in [0.29, 0.717) is 79.2 Å². The number of carboxylic acid groups (broad SMARTS) is 1. The van der Waals surface area contributed by atoms with Gasteiger partial charge in [-0.1, -0.05) is 0 Å². The molecule has 1 aliphatic rings. The van der Waals surface area contributed by atoms with Crippen LogP contribution in [-0.2, 0) is 14.4 Å². The highest BCUT2D eigenvalue weighted by Crippen LogP contribution is 2.47. The number of anilines is 2. The maximum atomic E-state index is 15.2. The molecule has 46 heavy (non-hydrogen) atoms. The van der Waals surface area contributed by atoms with Crippen LogP contribution in [0.4, 0.5) is 20.2 Å². The van der Waals surface area contributed by atoms with E-state index in [2.05, 4.69) is 15.6 Å². The monoisotopic (exact) mass is 633 g/mol. The summed E-state index contributed by atoms with van der Waals surface area (Å²) in [6.07, 6.45) is 4.24. The van der Waals surface area contributed by atoms with Gasteiger partial charge in [0.05, 0.1) is 18.7 Å². The first-order chi connectivity index (χ1) is 22.2. The molecule has 1 fully saturated rings. The van der Waals surface area contributed by atoms with Crippen molar-refractivity contribution in [2.24, 2.45) is 5.41 Å². The Labute approximate surface area is 263 Å². The molecule has 3 aromatic carbocycles. The third-order valence-electron chi connectivity index (χ3n) is 7.49. The number of aliphatic carboxylic acids is 1. The Balaban J connectivity index is 1.25. The molecule has 0 spiro atoms. The number of benzene rings is 3. The largest absolute Gasteiger partial charge is 0.490 e. The van der Waals surface area contributed by atoms with Gasteiger partial charge in [-0.15, -0.1) is 0 Å². The second kappa shape index (κ2) is 14.2. The Kier molecular flexibility index (Phi) is 9.94. The van der Waals surface area contributed by atoms with Gasteiger partial charge in [0, 0.05) is 41.5 Å². The van der Waals surface area contributed by atoms with Crippen molar-refractivity contribution in [2.75, 3.05) is 23.8 Å². The lowest BCUT2D eigenvalue weighted by atomic mass is 10.0. The fourth-order valence-electron chi connectivity index (χ4n) is 4.83. The van der Waals surface area contributed by atoms with Crippen LogP contribution in [0.3, 0.4) is 0 Å². The zero-order chi connectivity index (χ0) is 32.7. The molecule has 10 nitrogen and oxygen atoms in total. The van der Waals surface area contributed by atoms with Gasteiger partial charge in [-0.3, -0.25) is 19.4 Å². The van der Waals surface area contributed by atoms with Crippen molar-refractivity contribution in [3.05, 3.63) is 78.5 Å². The number of nitrogens with zero attached hydrogens (tertiary/aromatic N) is 1. The van der Waals surface area contributed by atoms with Crippen molar-refractivity contribution in [1.82, 2.24) is 4.98 Å². The molecule has 1 aromatic heterocycles. The highest BCUT2D eigenvalue weighted by molar-refractivity contribution is 6.16. The average Bonchev–Trinajstić information content (AvgIpc) is 3.84. The Morgan fingerprint density at radius 3 is 2.20 bits per heavy atom. The second-order valence-corrected chi connectivity index (χ2v) is 10.9. The van der Waals surface area contributed by atoms with Crippen LogP contribution in [0.25, 0.3) is 10.9 Å². The number of aromatic nitrogens is 1. The molecule has 0 saturated heterocycles. The maximum absolute atomic E-state index is 15.2. The number of ether oxygens (including phenoxy) is 3. The van der Waals surface area contributed by atoms with Crippen molar-refractivity contribution in [1.29, 1.82) is 0 Å². The molecule has 3 N–H and O–H groups in total. The van der Waals surface area contributed by atoms with Crippen molar-refractivity contribution in [3.8, 4) is 23.0 Å². The summed E-state index contributed by atoms with van der Waals surface area (Å²) in [5.41, 5.74) is -0.251. The number of hydrogen-bond donors (Lipinski definition) is 3. The molecule has 12 heteroatoms. The van der Waals surface area contributed by atoms with E-state index in [9.17, 15) is 18.8 Å². The predicted octanol–water partition coefficient (Wildman–Crippen LogP) is 7.09. The van der Waals surface area contributed by atoms with Crippen LogP contribution < -0.4 is 24.8 Å². The van der Waals surface area contributed by atoms with Gasteiger partial charge in [-0.25, -0.2) is 8.78 Å². The van der Waals surface area contributed by atoms with Crippen LogP contribution in [0.5, 0.6) is 23.0 Å². The van der Waals surface area contributed by atoms with Crippen molar-refractivity contribution >= 4 is 40.1 Å². The number of rotatable bonds is 15. The number of carbonyl (C=O) groups is 3. The number of amides is 2. The molecule has 2 amide bonds. The summed E-state index contributed by atoms with van der Waals surface area (Å²) < 4.78 is 46.1. The molecule has 1 heterocycles. The predicted molar refractivity (Wildman–Crippen MR) is 166 cm³/mol. The Morgan fingerprint density at radius 2 is 1.52 bits per heavy atom. The molecular formula is C34H33F2N3O7. The van der Waals surface area contributed by atoms with E-state index in [1.165, 1.54) is 42.6 Å². The molecular weight excluding hydrogens is 600 g/mol. The Hall–Kier alpha value is -5.26. The smallest absolute Gasteiger partial charge is 0.303 e. The van der Waals surface area contributed by atoms with E-state index in [1.54, 1.807) is 18.2 Å². The van der Waals surface area contributed by atoms with Crippen LogP contribution in [-0.4, -0.2) is 41.1 Å². The number of unbranched alkanes of at least 4 members (excludes halogenated alkanes) is 2. The first-order valence-electron chi connectivity index (χ1n) is 14.9. The van der Waals surface area contributed by atoms with Gasteiger partial charge in [-0.2, -0.15) is 0 Å². The number of halogens is 2. The minimum absolute atomic E-state index is 0.0969. The number of carbonyl (C=O) groups excluding carboxylic acids is 2. The summed E-state index contributed by atoms with van der Waals surface area (Å²) in [6.45, 7) is 2.57. The van der Waals surface area contributed by atoms with E-state index in [1.807, 2.05) is 6.92 Å². The van der Waals surface area contributed by atoms with Crippen LogP contribution in [0.15, 0.2) is 66.9 Å². The molecule has 0 bridgehead atoms. The quantitative estimate of drug-likeness (QED) is 0.0933. The van der Waals surface area contributed by atoms with Crippen LogP contribution in [0.1, 0.15) is 45.4 Å². The molecule has 1 saturated carbocycles. The molecule has 0 radical (unpaired) electrons. The van der Waals surface area contributed by atoms with Crippen LogP contribution in [0, 0.1) is 17.0 Å². The van der Waals surface area contributed by atoms with E-state index in [0.717, 1.165) is 6.07 Å². The highest BCUT2D eigenvalue weighted by Gasteiger charge is 2.56. The van der Waals surface area contributed by atoms with E-state index in [-0.39, 0.29) is 17.9 Å². The van der Waals surface area contributed by atoms with Crippen molar-refractivity contribution in [3.63, 3.8) is 0 Å². The van der Waals surface area contributed by atoms with Gasteiger partial charge in [0.15, 0.2) is 23.1 Å². The van der Waals surface area contributed by atoms with E-state index < -0.39 is 34.8 Å². The number of hydrogen-bond acceptors (Lipinski definition) is 7. The molecule has 0 unspecified atom stereocenters. The van der Waals surface area contributed by atoms with Gasteiger partial charge in [0.1, 0.15) is 17.0 Å². The lowest BCUT2D eigenvalue weighted by Gasteiger charge is -2.16. The van der Waals surface area contributed by atoms with Gasteiger partial charge >= 0.3 is 5.97 Å². The maximum Gasteiger partial charge on any atom is 0.303 e. The first kappa shape index (κ1) is 32.1. The first-order valence-corrected chi connectivity index (χ1v) is 14.9. The zero-order valence-electron chi connectivity index (χ0n) is 25.1. The molecule has 0 aliphatic heterocycles. The summed E-state index contributed by atoms with van der Waals surface area (Å²) >= 11 is 0. The van der Waals surface area contributed by atoms with Gasteiger partial charge in [0.25, 0.3) is 0 Å². The molecule has 1 aliphatic carbocycles. The summed E-state index contributed by atoms with van der Waals surface area (Å²) in [7, 11) is 0. The lowest BCUT2D eigenvalue weighted by molar-refractivity contribution is -0.137. The fraction of sp³-hybridized carbons (Fsp3) is 0.294. The lowest BCUT2D eigenvalue weighted by Crippen LogP contribution is -2.35. The molecule has 4 aromatic rings. The van der Waals surface area contributed by atoms with Gasteiger partial charge < -0.3 is 30.0 Å². The number of nitrogens with one attached hydrogen (secondary N) is 2. The van der Waals surface area contributed by atoms with Crippen LogP contribution in [0.2, 0.25) is 0 Å². The second-order valence-electron chi connectivity index (χ2n) is 10.9. The van der Waals surface area contributed by atoms with E-state index >= 15 is 4.39 Å². The fourth-order valence-corrected chi connectivity index (χ4v) is 4.83. The number of fused-ring (bicyclic) bond motifs is 1. The molecule has 0 atom stereocenters. The minimum atomic E-state index is -1.29. The summed E-state index contributed by atoms with van der Waals surface area (Å²) in [5.74, 6) is -1.95. The number of carboxylic acids is 1. The minimum Gasteiger partial charge on any atom is -0.490 e. The van der Waals surface area contributed by atoms with Crippen molar-refractivity contribution in [2.45, 2.75) is 45.4 Å².